The SMILES string of the molecule is C#CCCCCCC#Cc1cccc(CNc2nc(Cl)nc3c2ncn3[C@H]2[C@H](O)[C@H](O)[C@@H]3C[C@@H]32)c1. The van der Waals surface area contributed by atoms with Crippen LogP contribution >= 0.6 is 11.6 Å². The molecule has 3 aromatic rings. The third-order valence-electron chi connectivity index (χ3n) is 6.93. The van der Waals surface area contributed by atoms with E-state index in [1.807, 2.05) is 22.8 Å². The fourth-order valence-corrected chi connectivity index (χ4v) is 5.22. The minimum Gasteiger partial charge on any atom is -0.390 e. The Labute approximate surface area is 210 Å². The molecule has 35 heavy (non-hydrogen) atoms. The molecule has 7 nitrogen and oxygen atoms in total. The molecule has 0 unspecified atom stereocenters. The highest BCUT2D eigenvalue weighted by molar-refractivity contribution is 6.28. The second-order valence-electron chi connectivity index (χ2n) is 9.32. The predicted molar refractivity (Wildman–Crippen MR) is 136 cm³/mol. The Hall–Kier alpha value is -3.10. The molecule has 2 aliphatic carbocycles. The summed E-state index contributed by atoms with van der Waals surface area (Å²) < 4.78 is 1.84. The molecule has 5 rings (SSSR count). The standard InChI is InChI=1S/C27H28ClN5O2/c1-2-3-4-5-6-7-8-10-17-11-9-12-18(13-17)15-29-25-21-26(32-27(28)31-25)33(16-30-21)22-19-14-20(19)23(34)24(22)35/h1,9,11-13,16,19-20,22-24,34-35H,3-7,14-15H2,(H,29,31,32)/t19-,20+,22+,23+,24-/m0/s1. The number of halogens is 1. The molecule has 5 atom stereocenters. The second kappa shape index (κ2) is 10.3. The summed E-state index contributed by atoms with van der Waals surface area (Å²) in [6.07, 6.45) is 11.2. The summed E-state index contributed by atoms with van der Waals surface area (Å²) in [5.74, 6) is 10.1. The molecule has 3 N–H and O–H groups in total. The van der Waals surface area contributed by atoms with E-state index >= 15 is 0 Å². The van der Waals surface area contributed by atoms with E-state index in [9.17, 15) is 10.2 Å². The maximum absolute atomic E-state index is 10.5. The van der Waals surface area contributed by atoms with Gasteiger partial charge in [-0.15, -0.1) is 12.3 Å². The van der Waals surface area contributed by atoms with Crippen molar-refractivity contribution in [3.05, 3.63) is 47.0 Å². The molecule has 0 saturated heterocycles. The summed E-state index contributed by atoms with van der Waals surface area (Å²) in [6, 6.07) is 7.82. The number of aliphatic hydroxyl groups excluding tert-OH is 2. The van der Waals surface area contributed by atoms with Gasteiger partial charge in [-0.25, -0.2) is 4.98 Å². The summed E-state index contributed by atoms with van der Waals surface area (Å²) in [5.41, 5.74) is 3.17. The number of hydrogen-bond acceptors (Lipinski definition) is 6. The van der Waals surface area contributed by atoms with E-state index in [1.54, 1.807) is 6.33 Å². The molecule has 0 bridgehead atoms. The summed E-state index contributed by atoms with van der Waals surface area (Å²) in [4.78, 5) is 13.2. The Morgan fingerprint density at radius 2 is 1.97 bits per heavy atom. The molecular formula is C27H28ClN5O2. The summed E-state index contributed by atoms with van der Waals surface area (Å²) in [5, 5.41) is 24.2. The molecule has 0 spiro atoms. The van der Waals surface area contributed by atoms with Crippen LogP contribution in [-0.4, -0.2) is 41.9 Å². The van der Waals surface area contributed by atoms with Crippen molar-refractivity contribution in [1.29, 1.82) is 0 Å². The summed E-state index contributed by atoms with van der Waals surface area (Å²) in [7, 11) is 0. The van der Waals surface area contributed by atoms with E-state index in [0.717, 1.165) is 49.7 Å². The van der Waals surface area contributed by atoms with Gasteiger partial charge in [0.1, 0.15) is 6.10 Å². The molecule has 2 saturated carbocycles. The molecule has 2 heterocycles. The van der Waals surface area contributed by atoms with Gasteiger partial charge in [-0.05, 0) is 60.4 Å². The third kappa shape index (κ3) is 4.99. The monoisotopic (exact) mass is 489 g/mol. The van der Waals surface area contributed by atoms with E-state index in [-0.39, 0.29) is 23.2 Å². The van der Waals surface area contributed by atoms with Crippen LogP contribution in [0.5, 0.6) is 0 Å². The first kappa shape index (κ1) is 23.6. The van der Waals surface area contributed by atoms with Gasteiger partial charge in [-0.2, -0.15) is 9.97 Å². The molecule has 2 aromatic heterocycles. The Kier molecular flexibility index (Phi) is 6.92. The van der Waals surface area contributed by atoms with Crippen molar-refractivity contribution >= 4 is 28.6 Å². The van der Waals surface area contributed by atoms with Crippen molar-refractivity contribution in [2.45, 2.75) is 63.3 Å². The number of aromatic nitrogens is 4. The molecule has 0 amide bonds. The Balaban J connectivity index is 1.27. The first-order valence-corrected chi connectivity index (χ1v) is 12.5. The van der Waals surface area contributed by atoms with Gasteiger partial charge < -0.3 is 20.1 Å². The highest BCUT2D eigenvalue weighted by atomic mass is 35.5. The molecular weight excluding hydrogens is 462 g/mol. The molecule has 1 aromatic carbocycles. The van der Waals surface area contributed by atoms with E-state index in [2.05, 4.69) is 44.1 Å². The lowest BCUT2D eigenvalue weighted by molar-refractivity contribution is 0.00386. The number of benzene rings is 1. The second-order valence-corrected chi connectivity index (χ2v) is 9.66. The van der Waals surface area contributed by atoms with Crippen LogP contribution in [0.2, 0.25) is 5.28 Å². The molecule has 2 aliphatic rings. The molecule has 2 fully saturated rings. The summed E-state index contributed by atoms with van der Waals surface area (Å²) >= 11 is 6.25. The van der Waals surface area contributed by atoms with Crippen molar-refractivity contribution < 1.29 is 10.2 Å². The first-order valence-electron chi connectivity index (χ1n) is 12.1. The summed E-state index contributed by atoms with van der Waals surface area (Å²) in [6.45, 7) is 0.520. The average Bonchev–Trinajstić information content (AvgIpc) is 3.46. The Morgan fingerprint density at radius 3 is 2.77 bits per heavy atom. The highest BCUT2D eigenvalue weighted by Crippen LogP contribution is 2.57. The number of aliphatic hydroxyl groups is 2. The van der Waals surface area contributed by atoms with Crippen molar-refractivity contribution in [2.24, 2.45) is 11.8 Å². The van der Waals surface area contributed by atoms with Gasteiger partial charge >= 0.3 is 0 Å². The van der Waals surface area contributed by atoms with E-state index in [1.165, 1.54) is 0 Å². The van der Waals surface area contributed by atoms with E-state index in [4.69, 9.17) is 18.0 Å². The number of nitrogens with one attached hydrogen (secondary N) is 1. The zero-order valence-corrected chi connectivity index (χ0v) is 20.1. The van der Waals surface area contributed by atoms with E-state index < -0.39 is 12.2 Å². The number of nitrogens with zero attached hydrogens (tertiary/aromatic N) is 4. The number of unbranched alkanes of at least 4 members (excludes halogenated alkanes) is 4. The van der Waals surface area contributed by atoms with Crippen molar-refractivity contribution in [1.82, 2.24) is 19.5 Å². The molecule has 8 heteroatoms. The quantitative estimate of drug-likeness (QED) is 0.252. The average molecular weight is 490 g/mol. The number of fused-ring (bicyclic) bond motifs is 2. The van der Waals surface area contributed by atoms with Crippen molar-refractivity contribution in [3.8, 4) is 24.2 Å². The van der Waals surface area contributed by atoms with Gasteiger partial charge in [0.2, 0.25) is 5.28 Å². The van der Waals surface area contributed by atoms with Gasteiger partial charge in [-0.1, -0.05) is 30.4 Å². The molecule has 180 valence electrons. The molecule has 0 aliphatic heterocycles. The number of rotatable bonds is 8. The van der Waals surface area contributed by atoms with Crippen LogP contribution in [-0.2, 0) is 6.54 Å². The van der Waals surface area contributed by atoms with Crippen molar-refractivity contribution in [3.63, 3.8) is 0 Å². The largest absolute Gasteiger partial charge is 0.390 e. The zero-order chi connectivity index (χ0) is 24.4. The Bertz CT molecular complexity index is 1320. The van der Waals surface area contributed by atoms with Crippen LogP contribution < -0.4 is 5.32 Å². The normalized spacial score (nSPS) is 24.5. The van der Waals surface area contributed by atoms with Crippen LogP contribution in [0.3, 0.4) is 0 Å². The lowest BCUT2D eigenvalue weighted by Gasteiger charge is -2.22. The zero-order valence-electron chi connectivity index (χ0n) is 19.4. The van der Waals surface area contributed by atoms with Gasteiger partial charge in [0, 0.05) is 24.9 Å². The van der Waals surface area contributed by atoms with Gasteiger partial charge in [0.05, 0.1) is 18.5 Å². The van der Waals surface area contributed by atoms with Crippen LogP contribution in [0.4, 0.5) is 5.82 Å². The number of hydrogen-bond donors (Lipinski definition) is 3. The lowest BCUT2D eigenvalue weighted by Crippen LogP contribution is -2.31. The minimum absolute atomic E-state index is 0.101. The van der Waals surface area contributed by atoms with Gasteiger partial charge in [-0.3, -0.25) is 0 Å². The number of imidazole rings is 1. The smallest absolute Gasteiger partial charge is 0.226 e. The lowest BCUT2D eigenvalue weighted by atomic mass is 10.1. The van der Waals surface area contributed by atoms with Crippen LogP contribution in [0.15, 0.2) is 30.6 Å². The third-order valence-corrected chi connectivity index (χ3v) is 7.10. The van der Waals surface area contributed by atoms with Crippen molar-refractivity contribution in [2.75, 3.05) is 5.32 Å². The molecule has 0 radical (unpaired) electrons. The fraction of sp³-hybridized carbons (Fsp3) is 0.444. The van der Waals surface area contributed by atoms with Crippen LogP contribution in [0.25, 0.3) is 11.2 Å². The van der Waals surface area contributed by atoms with Crippen LogP contribution in [0.1, 0.15) is 55.7 Å². The fourth-order valence-electron chi connectivity index (χ4n) is 5.06. The number of terminal acetylenes is 1. The van der Waals surface area contributed by atoms with Crippen LogP contribution in [0, 0.1) is 36.0 Å². The van der Waals surface area contributed by atoms with E-state index in [0.29, 0.717) is 23.5 Å². The minimum atomic E-state index is -0.840. The van der Waals surface area contributed by atoms with Gasteiger partial charge in [0.15, 0.2) is 17.0 Å². The Morgan fingerprint density at radius 1 is 1.11 bits per heavy atom. The topological polar surface area (TPSA) is 96.1 Å². The number of anilines is 1. The predicted octanol–water partition coefficient (Wildman–Crippen LogP) is 3.94. The van der Waals surface area contributed by atoms with Gasteiger partial charge in [0.25, 0.3) is 0 Å². The highest BCUT2D eigenvalue weighted by Gasteiger charge is 2.60. The maximum atomic E-state index is 10.5. The maximum Gasteiger partial charge on any atom is 0.226 e. The first-order chi connectivity index (χ1) is 17.1.